The van der Waals surface area contributed by atoms with E-state index < -0.39 is 5.78 Å². The normalized spacial score (nSPS) is 10.7. The molecule has 6 nitrogen and oxygen atoms in total. The van der Waals surface area contributed by atoms with Crippen LogP contribution < -0.4 is 9.46 Å². The van der Waals surface area contributed by atoms with Crippen molar-refractivity contribution in [2.24, 2.45) is 0 Å². The van der Waals surface area contributed by atoms with Crippen molar-refractivity contribution in [3.05, 3.63) is 82.7 Å². The monoisotopic (exact) mass is 307 g/mol. The van der Waals surface area contributed by atoms with Crippen LogP contribution in [0.3, 0.4) is 0 Å². The van der Waals surface area contributed by atoms with E-state index in [4.69, 9.17) is 0 Å². The van der Waals surface area contributed by atoms with E-state index in [0.29, 0.717) is 15.0 Å². The molecule has 0 saturated heterocycles. The smallest absolute Gasteiger partial charge is 0.333 e. The molecule has 0 aliphatic carbocycles. The highest BCUT2D eigenvalue weighted by atomic mass is 16.5. The molecular weight excluding hydrogens is 294 g/mol. The van der Waals surface area contributed by atoms with Crippen molar-refractivity contribution in [2.45, 2.75) is 6.92 Å². The van der Waals surface area contributed by atoms with Gasteiger partial charge in [-0.2, -0.15) is 9.46 Å². The Morgan fingerprint density at radius 1 is 1.09 bits per heavy atom. The van der Waals surface area contributed by atoms with Crippen LogP contribution in [0.4, 0.5) is 0 Å². The largest absolute Gasteiger partial charge is 0.618 e. The van der Waals surface area contributed by atoms with E-state index in [0.717, 1.165) is 0 Å². The van der Waals surface area contributed by atoms with Crippen LogP contribution in [-0.2, 0) is 0 Å². The van der Waals surface area contributed by atoms with E-state index in [1.807, 2.05) is 0 Å². The first-order valence-corrected chi connectivity index (χ1v) is 6.91. The Morgan fingerprint density at radius 3 is 2.35 bits per heavy atom. The number of benzene rings is 1. The zero-order valence-electron chi connectivity index (χ0n) is 12.4. The molecule has 6 heteroatoms. The zero-order chi connectivity index (χ0) is 16.6. The number of Topliss-reactive ketones (excluding diaryl/α,β-unsaturated/α-hetero) is 1. The van der Waals surface area contributed by atoms with Gasteiger partial charge in [0.2, 0.25) is 0 Å². The van der Waals surface area contributed by atoms with Crippen LogP contribution in [0.25, 0.3) is 16.6 Å². The fourth-order valence-corrected chi connectivity index (χ4v) is 2.42. The molecule has 0 bridgehead atoms. The Morgan fingerprint density at radius 2 is 1.74 bits per heavy atom. The minimum atomic E-state index is -0.596. The summed E-state index contributed by atoms with van der Waals surface area (Å²) in [6.07, 6.45) is 3.05. The molecule has 0 saturated carbocycles. The summed E-state index contributed by atoms with van der Waals surface area (Å²) in [7, 11) is 0. The highest BCUT2D eigenvalue weighted by Gasteiger charge is 2.32. The number of hydrogen-bond acceptors (Lipinski definition) is 4. The van der Waals surface area contributed by atoms with Crippen LogP contribution in [0.15, 0.2) is 55.4 Å². The predicted octanol–water partition coefficient (Wildman–Crippen LogP) is 1.71. The zero-order valence-corrected chi connectivity index (χ0v) is 12.4. The van der Waals surface area contributed by atoms with E-state index >= 15 is 0 Å². The third-order valence-corrected chi connectivity index (χ3v) is 3.67. The molecule has 23 heavy (non-hydrogen) atoms. The molecular formula is C17H13N3O3. The van der Waals surface area contributed by atoms with Crippen molar-refractivity contribution in [3.8, 4) is 0 Å². The highest BCUT2D eigenvalue weighted by molar-refractivity contribution is 6.27. The average molecular weight is 307 g/mol. The summed E-state index contributed by atoms with van der Waals surface area (Å²) in [6.45, 7) is 5.18. The molecule has 0 unspecified atom stereocenters. The number of aromatic nitrogens is 3. The molecule has 3 aromatic rings. The lowest BCUT2D eigenvalue weighted by molar-refractivity contribution is -0.634. The molecule has 0 amide bonds. The highest BCUT2D eigenvalue weighted by Crippen LogP contribution is 2.18. The molecule has 0 radical (unpaired) electrons. The fraction of sp³-hybridized carbons (Fsp3) is 0.0588. The Labute approximate surface area is 132 Å². The van der Waals surface area contributed by atoms with Crippen LogP contribution in [0.5, 0.6) is 0 Å². The van der Waals surface area contributed by atoms with E-state index in [-0.39, 0.29) is 28.0 Å². The molecule has 2 aromatic heterocycles. The van der Waals surface area contributed by atoms with Gasteiger partial charge in [-0.3, -0.25) is 9.78 Å². The van der Waals surface area contributed by atoms with Gasteiger partial charge in [0.05, 0.1) is 0 Å². The summed E-state index contributed by atoms with van der Waals surface area (Å²) in [5, 5.41) is 24.9. The van der Waals surface area contributed by atoms with E-state index in [1.165, 1.54) is 25.3 Å². The third kappa shape index (κ3) is 2.30. The first-order valence-electron chi connectivity index (χ1n) is 6.91. The Kier molecular flexibility index (Phi) is 3.50. The van der Waals surface area contributed by atoms with Crippen molar-refractivity contribution < 1.29 is 14.3 Å². The number of carbonyl (C=O) groups is 1. The number of hydrogen-bond donors (Lipinski definition) is 0. The SMILES string of the molecule is C=C(C(=O)c1c(C)[n+]([O-])c2ccccc2[n+]1[O-])c1cccnc1. The minimum Gasteiger partial charge on any atom is -0.618 e. The second kappa shape index (κ2) is 5.49. The van der Waals surface area contributed by atoms with Gasteiger partial charge in [-0.15, -0.1) is 0 Å². The van der Waals surface area contributed by atoms with E-state index in [2.05, 4.69) is 11.6 Å². The summed E-state index contributed by atoms with van der Waals surface area (Å²) >= 11 is 0. The predicted molar refractivity (Wildman–Crippen MR) is 84.2 cm³/mol. The lowest BCUT2D eigenvalue weighted by Crippen LogP contribution is -2.46. The molecule has 0 fully saturated rings. The van der Waals surface area contributed by atoms with Crippen LogP contribution in [0.2, 0.25) is 0 Å². The van der Waals surface area contributed by atoms with Gasteiger partial charge >= 0.3 is 5.69 Å². The van der Waals surface area contributed by atoms with Crippen molar-refractivity contribution in [2.75, 3.05) is 0 Å². The number of carbonyl (C=O) groups excluding carboxylic acids is 1. The maximum absolute atomic E-state index is 12.7. The molecule has 114 valence electrons. The quantitative estimate of drug-likeness (QED) is 0.319. The van der Waals surface area contributed by atoms with Crippen molar-refractivity contribution in [3.63, 3.8) is 0 Å². The molecule has 0 spiro atoms. The summed E-state index contributed by atoms with van der Waals surface area (Å²) < 4.78 is 1.08. The Hall–Kier alpha value is -3.28. The Balaban J connectivity index is 2.20. The van der Waals surface area contributed by atoms with E-state index in [1.54, 1.807) is 30.5 Å². The number of nitrogens with zero attached hydrogens (tertiary/aromatic N) is 3. The van der Waals surface area contributed by atoms with Crippen molar-refractivity contribution in [1.29, 1.82) is 0 Å². The molecule has 2 heterocycles. The molecule has 1 aromatic carbocycles. The maximum atomic E-state index is 12.7. The van der Waals surface area contributed by atoms with Crippen LogP contribution >= 0.6 is 0 Å². The van der Waals surface area contributed by atoms with Gasteiger partial charge in [0.1, 0.15) is 0 Å². The average Bonchev–Trinajstić information content (AvgIpc) is 2.60. The van der Waals surface area contributed by atoms with Gasteiger partial charge in [-0.25, -0.2) is 0 Å². The standard InChI is InChI=1S/C17H13N3O3/c1-11(13-6-5-9-18-10-13)17(21)16-12(2)19(22)14-7-3-4-8-15(14)20(16)23/h3-10H,1H2,2H3. The first kappa shape index (κ1) is 14.6. The number of rotatable bonds is 3. The number of fused-ring (bicyclic) bond motifs is 1. The summed E-state index contributed by atoms with van der Waals surface area (Å²) in [5.74, 6) is -0.596. The minimum absolute atomic E-state index is 0.0359. The molecule has 3 rings (SSSR count). The summed E-state index contributed by atoms with van der Waals surface area (Å²) in [4.78, 5) is 16.6. The molecule has 0 aliphatic rings. The van der Waals surface area contributed by atoms with Gasteiger partial charge in [-0.05, 0) is 6.07 Å². The van der Waals surface area contributed by atoms with Crippen molar-refractivity contribution in [1.82, 2.24) is 4.98 Å². The van der Waals surface area contributed by atoms with Crippen LogP contribution in [-0.4, -0.2) is 10.8 Å². The number of allylic oxidation sites excluding steroid dienone is 1. The topological polar surface area (TPSA) is 83.8 Å². The molecule has 0 aliphatic heterocycles. The van der Waals surface area contributed by atoms with E-state index in [9.17, 15) is 15.2 Å². The van der Waals surface area contributed by atoms with Gasteiger partial charge in [0, 0.05) is 42.6 Å². The van der Waals surface area contributed by atoms with Gasteiger partial charge < -0.3 is 10.4 Å². The van der Waals surface area contributed by atoms with Gasteiger partial charge in [0.25, 0.3) is 22.5 Å². The van der Waals surface area contributed by atoms with Gasteiger partial charge in [0.15, 0.2) is 0 Å². The Bertz CT molecular complexity index is 937. The first-order chi connectivity index (χ1) is 11.0. The van der Waals surface area contributed by atoms with Gasteiger partial charge in [-0.1, -0.05) is 24.8 Å². The lowest BCUT2D eigenvalue weighted by Gasteiger charge is -2.11. The molecule has 0 N–H and O–H groups in total. The van der Waals surface area contributed by atoms with Crippen molar-refractivity contribution >= 4 is 22.4 Å². The second-order valence-electron chi connectivity index (χ2n) is 5.06. The number of ketones is 1. The third-order valence-electron chi connectivity index (χ3n) is 3.67. The maximum Gasteiger partial charge on any atom is 0.333 e. The molecule has 0 atom stereocenters. The summed E-state index contributed by atoms with van der Waals surface area (Å²) in [6, 6.07) is 9.67. The number of para-hydroxylation sites is 2. The number of pyridine rings is 1. The summed E-state index contributed by atoms with van der Waals surface area (Å²) in [5.41, 5.74) is 0.767. The second-order valence-corrected chi connectivity index (χ2v) is 5.06. The lowest BCUT2D eigenvalue weighted by atomic mass is 10.0. The fourth-order valence-electron chi connectivity index (χ4n) is 2.42. The van der Waals surface area contributed by atoms with Crippen LogP contribution in [0.1, 0.15) is 21.7 Å². The van der Waals surface area contributed by atoms with Crippen LogP contribution in [0, 0.1) is 17.3 Å².